The Balaban J connectivity index is 1.62. The van der Waals surface area contributed by atoms with E-state index in [2.05, 4.69) is 4.90 Å². The number of methoxy groups -OCH3 is 2. The summed E-state index contributed by atoms with van der Waals surface area (Å²) in [6.45, 7) is 1.90. The number of carbonyl (C=O) groups is 2. The van der Waals surface area contributed by atoms with E-state index in [1.54, 1.807) is 4.90 Å². The normalized spacial score (nSPS) is 41.4. The molecule has 2 saturated heterocycles. The predicted molar refractivity (Wildman–Crippen MR) is 114 cm³/mol. The summed E-state index contributed by atoms with van der Waals surface area (Å²) in [6.07, 6.45) is 3.70. The minimum absolute atomic E-state index is 0.0571. The first-order chi connectivity index (χ1) is 15.9. The van der Waals surface area contributed by atoms with Crippen molar-refractivity contribution in [3.63, 3.8) is 0 Å². The number of benzene rings is 1. The van der Waals surface area contributed by atoms with Crippen molar-refractivity contribution in [3.05, 3.63) is 17.7 Å². The van der Waals surface area contributed by atoms with Gasteiger partial charge < -0.3 is 24.1 Å². The number of anilines is 1. The number of piperidine rings is 1. The molecule has 2 unspecified atom stereocenters. The van der Waals surface area contributed by atoms with Gasteiger partial charge in [0.2, 0.25) is 6.79 Å². The van der Waals surface area contributed by atoms with Crippen LogP contribution in [-0.4, -0.2) is 73.4 Å². The van der Waals surface area contributed by atoms with E-state index in [0.29, 0.717) is 23.6 Å². The molecule has 1 aromatic rings. The topological polar surface area (TPSA) is 97.8 Å². The lowest BCUT2D eigenvalue weighted by atomic mass is 9.37. The molecule has 2 bridgehead atoms. The van der Waals surface area contributed by atoms with Crippen LogP contribution in [0.5, 0.6) is 11.5 Å². The summed E-state index contributed by atoms with van der Waals surface area (Å²) in [4.78, 5) is 31.1. The molecule has 7 aliphatic rings. The largest absolute Gasteiger partial charge is 0.467 e. The standard InChI is InChI=1S/C24H28N2O7/c1-30-19(27)23(29)12-21-6-3-10-25-11-9-22(18(21)25)14-4-5-15-17(33-13-32-15)16(14)26(20(28)31-2)24(22,23)8-7-21/h4-5,18,29H,3,6-13H2,1-2H3/t18-,21?,22+,23+,24?/m0/s1. The maximum absolute atomic E-state index is 13.6. The van der Waals surface area contributed by atoms with Crippen molar-refractivity contribution in [2.24, 2.45) is 5.41 Å². The van der Waals surface area contributed by atoms with Gasteiger partial charge in [0.15, 0.2) is 17.1 Å². The zero-order valence-corrected chi connectivity index (χ0v) is 18.9. The molecule has 0 aromatic heterocycles. The van der Waals surface area contributed by atoms with Crippen LogP contribution < -0.4 is 14.4 Å². The number of hydrogen-bond acceptors (Lipinski definition) is 8. The van der Waals surface area contributed by atoms with E-state index >= 15 is 0 Å². The van der Waals surface area contributed by atoms with Crippen molar-refractivity contribution < 1.29 is 33.6 Å². The van der Waals surface area contributed by atoms with Gasteiger partial charge in [-0.05, 0) is 68.7 Å². The average molecular weight is 456 g/mol. The molecule has 4 heterocycles. The average Bonchev–Trinajstić information content (AvgIpc) is 3.52. The molecule has 9 heteroatoms. The van der Waals surface area contributed by atoms with Crippen molar-refractivity contribution in [1.82, 2.24) is 4.90 Å². The van der Waals surface area contributed by atoms with E-state index in [1.165, 1.54) is 14.2 Å². The molecular formula is C24H28N2O7. The van der Waals surface area contributed by atoms with E-state index in [-0.39, 0.29) is 24.7 Å². The smallest absolute Gasteiger partial charge is 0.414 e. The third-order valence-corrected chi connectivity index (χ3v) is 9.82. The Morgan fingerprint density at radius 2 is 1.94 bits per heavy atom. The highest BCUT2D eigenvalue weighted by molar-refractivity contribution is 6.01. The van der Waals surface area contributed by atoms with Gasteiger partial charge in [-0.3, -0.25) is 9.80 Å². The number of nitrogens with zero attached hydrogens (tertiary/aromatic N) is 2. The molecule has 8 rings (SSSR count). The fourth-order valence-corrected chi connectivity index (χ4v) is 9.15. The maximum atomic E-state index is 13.6. The molecule has 3 spiro atoms. The first kappa shape index (κ1) is 19.9. The van der Waals surface area contributed by atoms with Crippen LogP contribution in [0.15, 0.2) is 12.1 Å². The molecule has 33 heavy (non-hydrogen) atoms. The summed E-state index contributed by atoms with van der Waals surface area (Å²) in [5.41, 5.74) is -2.45. The lowest BCUT2D eigenvalue weighted by Gasteiger charge is -2.71. The van der Waals surface area contributed by atoms with Gasteiger partial charge >= 0.3 is 12.1 Å². The number of hydrogen-bond donors (Lipinski definition) is 1. The van der Waals surface area contributed by atoms with Gasteiger partial charge in [0.05, 0.1) is 19.9 Å². The van der Waals surface area contributed by atoms with E-state index < -0.39 is 28.6 Å². The molecule has 4 aliphatic heterocycles. The molecule has 1 N–H and O–H groups in total. The predicted octanol–water partition coefficient (Wildman–Crippen LogP) is 1.93. The number of amides is 1. The first-order valence-electron chi connectivity index (χ1n) is 11.8. The van der Waals surface area contributed by atoms with Crippen LogP contribution in [0.4, 0.5) is 10.5 Å². The number of esters is 1. The monoisotopic (exact) mass is 456 g/mol. The summed E-state index contributed by atoms with van der Waals surface area (Å²) >= 11 is 0. The SMILES string of the molecule is COC(=O)N1c2c(ccc3c2OCO3)[C@@]23CCN4CCCC5(CCC12[C@](O)(C(=O)OC)C5)[C@H]43. The van der Waals surface area contributed by atoms with Crippen molar-refractivity contribution >= 4 is 17.7 Å². The fourth-order valence-electron chi connectivity index (χ4n) is 9.15. The third kappa shape index (κ3) is 1.82. The highest BCUT2D eigenvalue weighted by atomic mass is 16.7. The molecular weight excluding hydrogens is 428 g/mol. The summed E-state index contributed by atoms with van der Waals surface area (Å²) in [6, 6.07) is 4.02. The highest BCUT2D eigenvalue weighted by Gasteiger charge is 2.87. The van der Waals surface area contributed by atoms with E-state index in [9.17, 15) is 14.7 Å². The molecule has 5 fully saturated rings. The van der Waals surface area contributed by atoms with Gasteiger partial charge in [0.1, 0.15) is 5.54 Å². The molecule has 1 amide bonds. The third-order valence-electron chi connectivity index (χ3n) is 9.82. The van der Waals surface area contributed by atoms with Crippen molar-refractivity contribution in [2.75, 3.05) is 39.0 Å². The molecule has 3 aliphatic carbocycles. The van der Waals surface area contributed by atoms with Crippen molar-refractivity contribution in [1.29, 1.82) is 0 Å². The van der Waals surface area contributed by atoms with Gasteiger partial charge in [-0.25, -0.2) is 9.59 Å². The number of aliphatic hydroxyl groups is 1. The van der Waals surface area contributed by atoms with Crippen molar-refractivity contribution in [3.8, 4) is 11.5 Å². The van der Waals surface area contributed by atoms with Gasteiger partial charge in [-0.15, -0.1) is 0 Å². The summed E-state index contributed by atoms with van der Waals surface area (Å²) < 4.78 is 22.1. The Hall–Kier alpha value is -2.52. The minimum atomic E-state index is -1.87. The molecule has 1 aromatic carbocycles. The Morgan fingerprint density at radius 3 is 2.73 bits per heavy atom. The zero-order chi connectivity index (χ0) is 22.8. The Bertz CT molecular complexity index is 1110. The van der Waals surface area contributed by atoms with E-state index in [0.717, 1.165) is 44.3 Å². The zero-order valence-electron chi connectivity index (χ0n) is 18.9. The van der Waals surface area contributed by atoms with Crippen LogP contribution in [0, 0.1) is 5.41 Å². The lowest BCUT2D eigenvalue weighted by molar-refractivity contribution is -0.227. The van der Waals surface area contributed by atoms with Gasteiger partial charge in [-0.2, -0.15) is 0 Å². The van der Waals surface area contributed by atoms with Crippen LogP contribution in [0.25, 0.3) is 0 Å². The molecule has 176 valence electrons. The van der Waals surface area contributed by atoms with Crippen LogP contribution in [-0.2, 0) is 19.7 Å². The Kier molecular flexibility index (Phi) is 3.58. The van der Waals surface area contributed by atoms with Crippen LogP contribution in [0.3, 0.4) is 0 Å². The second-order valence-corrected chi connectivity index (χ2v) is 10.5. The number of carbonyl (C=O) groups excluding carboxylic acids is 2. The Morgan fingerprint density at radius 1 is 1.09 bits per heavy atom. The second kappa shape index (κ2) is 5.93. The fraction of sp³-hybridized carbons (Fsp3) is 0.667. The molecule has 3 saturated carbocycles. The van der Waals surface area contributed by atoms with Crippen LogP contribution in [0.2, 0.25) is 0 Å². The van der Waals surface area contributed by atoms with Gasteiger partial charge in [0, 0.05) is 11.5 Å². The van der Waals surface area contributed by atoms with Gasteiger partial charge in [-0.1, -0.05) is 6.07 Å². The number of rotatable bonds is 1. The Labute approximate surface area is 191 Å². The number of fused-ring (bicyclic) bond motifs is 5. The first-order valence-corrected chi connectivity index (χ1v) is 11.8. The van der Waals surface area contributed by atoms with Crippen LogP contribution >= 0.6 is 0 Å². The quantitative estimate of drug-likeness (QED) is 0.641. The molecule has 0 radical (unpaired) electrons. The maximum Gasteiger partial charge on any atom is 0.414 e. The number of ether oxygens (including phenoxy) is 4. The van der Waals surface area contributed by atoms with Crippen LogP contribution in [0.1, 0.15) is 44.1 Å². The van der Waals surface area contributed by atoms with E-state index in [4.69, 9.17) is 18.9 Å². The second-order valence-electron chi connectivity index (χ2n) is 10.5. The van der Waals surface area contributed by atoms with Crippen molar-refractivity contribution in [2.45, 2.75) is 61.1 Å². The summed E-state index contributed by atoms with van der Waals surface area (Å²) in [5.74, 6) is 0.354. The lowest BCUT2D eigenvalue weighted by Crippen LogP contribution is -2.86. The van der Waals surface area contributed by atoms with E-state index in [1.807, 2.05) is 12.1 Å². The highest BCUT2D eigenvalue weighted by Crippen LogP contribution is 2.78. The summed E-state index contributed by atoms with van der Waals surface area (Å²) in [5, 5.41) is 12.5. The molecule has 5 atom stereocenters. The minimum Gasteiger partial charge on any atom is -0.467 e. The van der Waals surface area contributed by atoms with Gasteiger partial charge in [0.25, 0.3) is 0 Å². The summed E-state index contributed by atoms with van der Waals surface area (Å²) in [7, 11) is 2.64. The molecule has 9 nitrogen and oxygen atoms in total.